The Kier molecular flexibility index (Phi) is 5.20. The maximum atomic E-state index is 9.20. The number of ether oxygens (including phenoxy) is 2. The lowest BCUT2D eigenvalue weighted by Gasteiger charge is -2.37. The van der Waals surface area contributed by atoms with E-state index in [1.807, 2.05) is 0 Å². The Morgan fingerprint density at radius 3 is 2.70 bits per heavy atom. The molecule has 1 N–H and O–H groups in total. The van der Waals surface area contributed by atoms with Gasteiger partial charge in [0, 0.05) is 24.6 Å². The van der Waals surface area contributed by atoms with Gasteiger partial charge in [0.25, 0.3) is 0 Å². The zero-order valence-electron chi connectivity index (χ0n) is 13.6. The Bertz CT molecular complexity index is 642. The third kappa shape index (κ3) is 3.22. The van der Waals surface area contributed by atoms with Gasteiger partial charge in [-0.05, 0) is 47.5 Å². The summed E-state index contributed by atoms with van der Waals surface area (Å²) >= 11 is 1.78. The van der Waals surface area contributed by atoms with E-state index in [1.54, 1.807) is 25.6 Å². The minimum Gasteiger partial charge on any atom is -0.493 e. The summed E-state index contributed by atoms with van der Waals surface area (Å²) in [6.07, 6.45) is 1.79. The van der Waals surface area contributed by atoms with Gasteiger partial charge in [-0.2, -0.15) is 0 Å². The summed E-state index contributed by atoms with van der Waals surface area (Å²) in [5.74, 6) is 1.57. The molecule has 1 aliphatic heterocycles. The summed E-state index contributed by atoms with van der Waals surface area (Å²) < 4.78 is 11.0. The summed E-state index contributed by atoms with van der Waals surface area (Å²) in [5, 5.41) is 11.3. The molecule has 0 fully saturated rings. The predicted octanol–water partition coefficient (Wildman–Crippen LogP) is 3.10. The number of hydrogen-bond acceptors (Lipinski definition) is 5. The molecule has 1 aromatic carbocycles. The molecule has 4 nitrogen and oxygen atoms in total. The van der Waals surface area contributed by atoms with Crippen molar-refractivity contribution in [3.8, 4) is 11.5 Å². The molecule has 124 valence electrons. The topological polar surface area (TPSA) is 41.9 Å². The van der Waals surface area contributed by atoms with Crippen LogP contribution in [0, 0.1) is 0 Å². The number of hydrogen-bond donors (Lipinski definition) is 1. The van der Waals surface area contributed by atoms with Crippen molar-refractivity contribution in [2.45, 2.75) is 18.9 Å². The van der Waals surface area contributed by atoms with Crippen molar-refractivity contribution in [1.82, 2.24) is 4.90 Å². The van der Waals surface area contributed by atoms with Crippen molar-refractivity contribution in [3.63, 3.8) is 0 Å². The van der Waals surface area contributed by atoms with Gasteiger partial charge >= 0.3 is 0 Å². The van der Waals surface area contributed by atoms with Crippen molar-refractivity contribution < 1.29 is 14.6 Å². The first kappa shape index (κ1) is 16.3. The summed E-state index contributed by atoms with van der Waals surface area (Å²) in [7, 11) is 3.36. The van der Waals surface area contributed by atoms with E-state index in [1.165, 1.54) is 16.0 Å². The van der Waals surface area contributed by atoms with Crippen LogP contribution in [0.3, 0.4) is 0 Å². The Morgan fingerprint density at radius 2 is 2.04 bits per heavy atom. The first-order valence-corrected chi connectivity index (χ1v) is 8.79. The van der Waals surface area contributed by atoms with Gasteiger partial charge in [-0.25, -0.2) is 0 Å². The number of nitrogens with zero attached hydrogens (tertiary/aromatic N) is 1. The van der Waals surface area contributed by atoms with Crippen LogP contribution in [0.1, 0.15) is 28.5 Å². The Hall–Kier alpha value is -1.56. The second kappa shape index (κ2) is 7.34. The second-order valence-corrected chi connectivity index (χ2v) is 6.67. The quantitative estimate of drug-likeness (QED) is 0.882. The van der Waals surface area contributed by atoms with E-state index in [4.69, 9.17) is 9.47 Å². The highest BCUT2D eigenvalue weighted by Crippen LogP contribution is 2.42. The van der Waals surface area contributed by atoms with Gasteiger partial charge in [0.05, 0.1) is 20.3 Å². The lowest BCUT2D eigenvalue weighted by atomic mass is 9.90. The molecule has 0 saturated heterocycles. The molecule has 0 amide bonds. The van der Waals surface area contributed by atoms with Gasteiger partial charge in [-0.1, -0.05) is 6.07 Å². The third-order valence-electron chi connectivity index (χ3n) is 4.39. The monoisotopic (exact) mass is 333 g/mol. The van der Waals surface area contributed by atoms with Crippen LogP contribution in [0.2, 0.25) is 0 Å². The first-order valence-electron chi connectivity index (χ1n) is 7.91. The molecule has 2 heterocycles. The van der Waals surface area contributed by atoms with Crippen LogP contribution in [-0.2, 0) is 6.42 Å². The third-order valence-corrected chi connectivity index (χ3v) is 5.31. The molecule has 1 aliphatic rings. The van der Waals surface area contributed by atoms with Gasteiger partial charge in [0.2, 0.25) is 0 Å². The van der Waals surface area contributed by atoms with E-state index in [0.717, 1.165) is 37.4 Å². The molecule has 5 heteroatoms. The molecular weight excluding hydrogens is 310 g/mol. The highest BCUT2D eigenvalue weighted by Gasteiger charge is 2.30. The molecule has 0 spiro atoms. The minimum atomic E-state index is 0.227. The van der Waals surface area contributed by atoms with Crippen molar-refractivity contribution in [2.75, 3.05) is 33.9 Å². The van der Waals surface area contributed by atoms with E-state index < -0.39 is 0 Å². The van der Waals surface area contributed by atoms with E-state index in [0.29, 0.717) is 0 Å². The second-order valence-electron chi connectivity index (χ2n) is 5.69. The predicted molar refractivity (Wildman–Crippen MR) is 92.7 cm³/mol. The van der Waals surface area contributed by atoms with Crippen molar-refractivity contribution in [2.24, 2.45) is 0 Å². The molecule has 3 rings (SSSR count). The van der Waals surface area contributed by atoms with E-state index in [2.05, 4.69) is 34.5 Å². The fraction of sp³-hybridized carbons (Fsp3) is 0.444. The molecule has 1 aromatic heterocycles. The maximum Gasteiger partial charge on any atom is 0.161 e. The number of fused-ring (bicyclic) bond motifs is 1. The SMILES string of the molecule is COc1cc2c(cc1OC)C(c1cccs1)N(CCCO)CC2. The average Bonchev–Trinajstić information content (AvgIpc) is 3.12. The smallest absolute Gasteiger partial charge is 0.161 e. The zero-order valence-corrected chi connectivity index (χ0v) is 14.4. The number of methoxy groups -OCH3 is 2. The molecule has 1 atom stereocenters. The molecule has 0 bridgehead atoms. The average molecular weight is 333 g/mol. The molecule has 0 saturated carbocycles. The van der Waals surface area contributed by atoms with Gasteiger partial charge in [0.15, 0.2) is 11.5 Å². The fourth-order valence-corrected chi connectivity index (χ4v) is 4.17. The van der Waals surface area contributed by atoms with Crippen LogP contribution < -0.4 is 9.47 Å². The molecule has 0 aliphatic carbocycles. The van der Waals surface area contributed by atoms with Gasteiger partial charge in [-0.15, -0.1) is 11.3 Å². The largest absolute Gasteiger partial charge is 0.493 e. The summed E-state index contributed by atoms with van der Waals surface area (Å²) in [6.45, 7) is 2.12. The van der Waals surface area contributed by atoms with Crippen LogP contribution >= 0.6 is 11.3 Å². The van der Waals surface area contributed by atoms with Crippen LogP contribution in [0.5, 0.6) is 11.5 Å². The first-order chi connectivity index (χ1) is 11.3. The number of thiophene rings is 1. The minimum absolute atomic E-state index is 0.227. The van der Waals surface area contributed by atoms with E-state index >= 15 is 0 Å². The standard InChI is InChI=1S/C18H23NO3S/c1-21-15-11-13-6-8-19(7-4-9-20)18(17-5-3-10-23-17)14(13)12-16(15)22-2/h3,5,10-12,18,20H,4,6-9H2,1-2H3. The van der Waals surface area contributed by atoms with Crippen molar-refractivity contribution in [1.29, 1.82) is 0 Å². The van der Waals surface area contributed by atoms with Gasteiger partial charge in [0.1, 0.15) is 0 Å². The Morgan fingerprint density at radius 1 is 1.26 bits per heavy atom. The normalized spacial score (nSPS) is 17.8. The molecule has 2 aromatic rings. The molecular formula is C18H23NO3S. The number of aliphatic hydroxyl groups excluding tert-OH is 1. The van der Waals surface area contributed by atoms with Crippen LogP contribution in [0.4, 0.5) is 0 Å². The van der Waals surface area contributed by atoms with Gasteiger partial charge < -0.3 is 14.6 Å². The highest BCUT2D eigenvalue weighted by atomic mass is 32.1. The number of benzene rings is 1. The molecule has 1 unspecified atom stereocenters. The van der Waals surface area contributed by atoms with Crippen LogP contribution in [0.15, 0.2) is 29.6 Å². The number of rotatable bonds is 6. The molecule has 23 heavy (non-hydrogen) atoms. The van der Waals surface area contributed by atoms with Crippen LogP contribution in [-0.4, -0.2) is 43.9 Å². The molecule has 0 radical (unpaired) electrons. The Balaban J connectivity index is 2.04. The lowest BCUT2D eigenvalue weighted by Crippen LogP contribution is -2.36. The van der Waals surface area contributed by atoms with E-state index in [-0.39, 0.29) is 12.6 Å². The summed E-state index contributed by atoms with van der Waals surface area (Å²) in [6, 6.07) is 8.74. The van der Waals surface area contributed by atoms with E-state index in [9.17, 15) is 5.11 Å². The number of aliphatic hydroxyl groups is 1. The van der Waals surface area contributed by atoms with Gasteiger partial charge in [-0.3, -0.25) is 4.90 Å². The van der Waals surface area contributed by atoms with Crippen LogP contribution in [0.25, 0.3) is 0 Å². The highest BCUT2D eigenvalue weighted by molar-refractivity contribution is 7.10. The van der Waals surface area contributed by atoms with Crippen molar-refractivity contribution in [3.05, 3.63) is 45.6 Å². The van der Waals surface area contributed by atoms with Crippen molar-refractivity contribution >= 4 is 11.3 Å². The summed E-state index contributed by atoms with van der Waals surface area (Å²) in [4.78, 5) is 3.78. The lowest BCUT2D eigenvalue weighted by molar-refractivity contribution is 0.187. The maximum absolute atomic E-state index is 9.20. The fourth-order valence-electron chi connectivity index (χ4n) is 3.29. The Labute approximate surface area is 141 Å². The zero-order chi connectivity index (χ0) is 16.2. The summed E-state index contributed by atoms with van der Waals surface area (Å²) in [5.41, 5.74) is 2.61.